The van der Waals surface area contributed by atoms with Gasteiger partial charge in [0.05, 0.1) is 18.0 Å². The number of nitrogens with zero attached hydrogens (tertiary/aromatic N) is 2. The highest BCUT2D eigenvalue weighted by Gasteiger charge is 2.15. The predicted octanol–water partition coefficient (Wildman–Crippen LogP) is 0.184. The smallest absolute Gasteiger partial charge is 0.269 e. The van der Waals surface area contributed by atoms with Crippen molar-refractivity contribution in [2.75, 3.05) is 19.6 Å². The lowest BCUT2D eigenvalue weighted by atomic mass is 10.2. The van der Waals surface area contributed by atoms with Crippen LogP contribution in [-0.2, 0) is 16.1 Å². The molecule has 0 fully saturated rings. The number of hydrogen-bond acceptors (Lipinski definition) is 5. The van der Waals surface area contributed by atoms with Crippen LogP contribution in [0.5, 0.6) is 0 Å². The molecule has 3 N–H and O–H groups in total. The van der Waals surface area contributed by atoms with Crippen molar-refractivity contribution in [2.24, 2.45) is 5.73 Å². The molecular formula is C14H18N4O4. The molecular weight excluding hydrogens is 288 g/mol. The van der Waals surface area contributed by atoms with Crippen LogP contribution in [-0.4, -0.2) is 41.3 Å². The molecule has 0 aliphatic carbocycles. The van der Waals surface area contributed by atoms with Gasteiger partial charge in [0.1, 0.15) is 0 Å². The van der Waals surface area contributed by atoms with E-state index in [0.717, 1.165) is 0 Å². The molecule has 0 aromatic heterocycles. The minimum absolute atomic E-state index is 0.0417. The Balaban J connectivity index is 2.76. The number of nitro benzene ring substituents is 1. The van der Waals surface area contributed by atoms with E-state index in [-0.39, 0.29) is 37.8 Å². The lowest BCUT2D eigenvalue weighted by molar-refractivity contribution is -0.384. The first-order valence-corrected chi connectivity index (χ1v) is 6.56. The minimum Gasteiger partial charge on any atom is -0.346 e. The zero-order valence-electron chi connectivity index (χ0n) is 12.0. The largest absolute Gasteiger partial charge is 0.346 e. The van der Waals surface area contributed by atoms with Gasteiger partial charge >= 0.3 is 0 Å². The van der Waals surface area contributed by atoms with Gasteiger partial charge < -0.3 is 16.0 Å². The lowest BCUT2D eigenvalue weighted by Crippen LogP contribution is -2.41. The van der Waals surface area contributed by atoms with Gasteiger partial charge in [-0.3, -0.25) is 19.7 Å². The minimum atomic E-state index is -0.495. The standard InChI is InChI=1S/C14H18N4O4/c1-2-6-17(14(20)9-16-13(19)8-15)10-11-4-3-5-12(7-11)18(21)22/h2-5,7H,1,6,8-10,15H2,(H,16,19). The van der Waals surface area contributed by atoms with E-state index in [1.807, 2.05) is 0 Å². The monoisotopic (exact) mass is 306 g/mol. The summed E-state index contributed by atoms with van der Waals surface area (Å²) in [5.74, 6) is -0.754. The van der Waals surface area contributed by atoms with Crippen LogP contribution >= 0.6 is 0 Å². The zero-order chi connectivity index (χ0) is 16.5. The van der Waals surface area contributed by atoms with Gasteiger partial charge in [0, 0.05) is 25.2 Å². The Hall–Kier alpha value is -2.74. The van der Waals surface area contributed by atoms with E-state index in [9.17, 15) is 19.7 Å². The van der Waals surface area contributed by atoms with Crippen LogP contribution in [0.4, 0.5) is 5.69 Å². The fraction of sp³-hybridized carbons (Fsp3) is 0.286. The number of carbonyl (C=O) groups excluding carboxylic acids is 2. The summed E-state index contributed by atoms with van der Waals surface area (Å²) < 4.78 is 0. The van der Waals surface area contributed by atoms with Crippen LogP contribution in [0, 0.1) is 10.1 Å². The Morgan fingerprint density at radius 1 is 1.45 bits per heavy atom. The molecule has 22 heavy (non-hydrogen) atoms. The number of hydrogen-bond donors (Lipinski definition) is 2. The maximum absolute atomic E-state index is 12.1. The normalized spacial score (nSPS) is 9.86. The van der Waals surface area contributed by atoms with Crippen molar-refractivity contribution >= 4 is 17.5 Å². The molecule has 0 saturated carbocycles. The third-order valence-electron chi connectivity index (χ3n) is 2.82. The molecule has 0 unspecified atom stereocenters. The van der Waals surface area contributed by atoms with Crippen molar-refractivity contribution in [3.05, 3.63) is 52.6 Å². The molecule has 0 aliphatic rings. The van der Waals surface area contributed by atoms with E-state index in [0.29, 0.717) is 5.56 Å². The summed E-state index contributed by atoms with van der Waals surface area (Å²) >= 11 is 0. The summed E-state index contributed by atoms with van der Waals surface area (Å²) in [6, 6.07) is 6.03. The van der Waals surface area contributed by atoms with Crippen molar-refractivity contribution in [3.8, 4) is 0 Å². The molecule has 0 bridgehead atoms. The number of nitro groups is 1. The zero-order valence-corrected chi connectivity index (χ0v) is 12.0. The second-order valence-corrected chi connectivity index (χ2v) is 4.47. The van der Waals surface area contributed by atoms with Gasteiger partial charge in [0.15, 0.2) is 0 Å². The first kappa shape index (κ1) is 17.3. The SMILES string of the molecule is C=CCN(Cc1cccc([N+](=O)[O-])c1)C(=O)CNC(=O)CN. The second kappa shape index (κ2) is 8.53. The Bertz CT molecular complexity index is 574. The third-order valence-corrected chi connectivity index (χ3v) is 2.82. The fourth-order valence-corrected chi connectivity index (χ4v) is 1.76. The van der Waals surface area contributed by atoms with Crippen LogP contribution in [0.1, 0.15) is 5.56 Å². The maximum Gasteiger partial charge on any atom is 0.269 e. The van der Waals surface area contributed by atoms with E-state index >= 15 is 0 Å². The number of amides is 2. The van der Waals surface area contributed by atoms with E-state index < -0.39 is 10.8 Å². The molecule has 2 amide bonds. The van der Waals surface area contributed by atoms with Gasteiger partial charge in [-0.25, -0.2) is 0 Å². The van der Waals surface area contributed by atoms with Gasteiger partial charge in [-0.2, -0.15) is 0 Å². The number of carbonyl (C=O) groups is 2. The molecule has 8 heteroatoms. The summed E-state index contributed by atoms with van der Waals surface area (Å²) in [4.78, 5) is 34.8. The average molecular weight is 306 g/mol. The molecule has 1 rings (SSSR count). The Morgan fingerprint density at radius 2 is 2.18 bits per heavy atom. The Kier molecular flexibility index (Phi) is 6.71. The lowest BCUT2D eigenvalue weighted by Gasteiger charge is -2.21. The molecule has 1 aromatic rings. The summed E-state index contributed by atoms with van der Waals surface area (Å²) in [7, 11) is 0. The number of non-ortho nitro benzene ring substituents is 1. The van der Waals surface area contributed by atoms with Crippen LogP contribution in [0.25, 0.3) is 0 Å². The van der Waals surface area contributed by atoms with Crippen LogP contribution in [0.15, 0.2) is 36.9 Å². The number of benzene rings is 1. The van der Waals surface area contributed by atoms with E-state index in [1.54, 1.807) is 18.2 Å². The van der Waals surface area contributed by atoms with Gasteiger partial charge in [-0.1, -0.05) is 18.2 Å². The summed E-state index contributed by atoms with van der Waals surface area (Å²) in [6.45, 7) is 3.65. The van der Waals surface area contributed by atoms with E-state index in [4.69, 9.17) is 5.73 Å². The van der Waals surface area contributed by atoms with Crippen LogP contribution in [0.3, 0.4) is 0 Å². The number of rotatable bonds is 8. The second-order valence-electron chi connectivity index (χ2n) is 4.47. The average Bonchev–Trinajstić information content (AvgIpc) is 2.52. The topological polar surface area (TPSA) is 119 Å². The Labute approximate surface area is 127 Å². The van der Waals surface area contributed by atoms with Gasteiger partial charge in [0.2, 0.25) is 11.8 Å². The molecule has 1 aromatic carbocycles. The van der Waals surface area contributed by atoms with Crippen molar-refractivity contribution in [1.29, 1.82) is 0 Å². The molecule has 0 heterocycles. The van der Waals surface area contributed by atoms with Gasteiger partial charge in [-0.15, -0.1) is 6.58 Å². The molecule has 8 nitrogen and oxygen atoms in total. The molecule has 0 atom stereocenters. The first-order chi connectivity index (χ1) is 10.5. The van der Waals surface area contributed by atoms with Crippen molar-refractivity contribution in [1.82, 2.24) is 10.2 Å². The maximum atomic E-state index is 12.1. The van der Waals surface area contributed by atoms with Crippen molar-refractivity contribution < 1.29 is 14.5 Å². The highest BCUT2D eigenvalue weighted by molar-refractivity contribution is 5.85. The third kappa shape index (κ3) is 5.33. The van der Waals surface area contributed by atoms with E-state index in [1.165, 1.54) is 17.0 Å². The van der Waals surface area contributed by atoms with E-state index in [2.05, 4.69) is 11.9 Å². The summed E-state index contributed by atoms with van der Waals surface area (Å²) in [5, 5.41) is 13.1. The van der Waals surface area contributed by atoms with Gasteiger partial charge in [-0.05, 0) is 5.56 Å². The molecule has 0 spiro atoms. The number of nitrogens with two attached hydrogens (primary N) is 1. The predicted molar refractivity (Wildman–Crippen MR) is 80.8 cm³/mol. The van der Waals surface area contributed by atoms with Crippen molar-refractivity contribution in [3.63, 3.8) is 0 Å². The molecule has 0 aliphatic heterocycles. The highest BCUT2D eigenvalue weighted by atomic mass is 16.6. The number of nitrogens with one attached hydrogen (secondary N) is 1. The van der Waals surface area contributed by atoms with Crippen LogP contribution < -0.4 is 11.1 Å². The molecule has 118 valence electrons. The Morgan fingerprint density at radius 3 is 2.77 bits per heavy atom. The van der Waals surface area contributed by atoms with Crippen LogP contribution in [0.2, 0.25) is 0 Å². The van der Waals surface area contributed by atoms with Crippen molar-refractivity contribution in [2.45, 2.75) is 6.54 Å². The first-order valence-electron chi connectivity index (χ1n) is 6.56. The summed E-state index contributed by atoms with van der Waals surface area (Å²) in [6.07, 6.45) is 1.54. The fourth-order valence-electron chi connectivity index (χ4n) is 1.76. The summed E-state index contributed by atoms with van der Waals surface area (Å²) in [5.41, 5.74) is 5.72. The quantitative estimate of drug-likeness (QED) is 0.403. The molecule has 0 saturated heterocycles. The highest BCUT2D eigenvalue weighted by Crippen LogP contribution is 2.14. The molecule has 0 radical (unpaired) electrons. The van der Waals surface area contributed by atoms with Gasteiger partial charge in [0.25, 0.3) is 5.69 Å².